The van der Waals surface area contributed by atoms with Crippen LogP contribution >= 0.6 is 22.6 Å². The first-order chi connectivity index (χ1) is 29.1. The monoisotopic (exact) mass is 960 g/mol. The van der Waals surface area contributed by atoms with E-state index >= 15 is 0 Å². The molecule has 2 saturated carbocycles. The van der Waals surface area contributed by atoms with Gasteiger partial charge in [0.05, 0.1) is 41.8 Å². The summed E-state index contributed by atoms with van der Waals surface area (Å²) in [5.41, 5.74) is 3.36. The van der Waals surface area contributed by atoms with Crippen LogP contribution in [0.15, 0.2) is 66.7 Å². The Morgan fingerprint density at radius 3 is 1.52 bits per heavy atom. The number of nitrogens with zero attached hydrogens (tertiary/aromatic N) is 2. The Kier molecular flexibility index (Phi) is 16.0. The molecule has 2 aliphatic heterocycles. The number of ether oxygens (including phenoxy) is 4. The molecule has 4 aromatic rings. The molecule has 2 saturated heterocycles. The van der Waals surface area contributed by atoms with Gasteiger partial charge in [0, 0.05) is 39.3 Å². The molecule has 62 heavy (non-hydrogen) atoms. The average molecular weight is 961 g/mol. The molecule has 0 atom stereocenters. The van der Waals surface area contributed by atoms with Gasteiger partial charge in [0.2, 0.25) is 0 Å². The van der Waals surface area contributed by atoms with Crippen molar-refractivity contribution in [1.82, 2.24) is 9.80 Å². The Hall–Kier alpha value is -3.41. The highest BCUT2D eigenvalue weighted by Crippen LogP contribution is 2.41. The molecule has 338 valence electrons. The summed E-state index contributed by atoms with van der Waals surface area (Å²) >= 11 is 2.43. The van der Waals surface area contributed by atoms with Gasteiger partial charge < -0.3 is 18.9 Å². The fourth-order valence-electron chi connectivity index (χ4n) is 9.97. The number of rotatable bonds is 10. The number of benzene rings is 4. The van der Waals surface area contributed by atoms with Crippen LogP contribution in [0.5, 0.6) is 11.5 Å². The SMILES string of the molecule is C.COC(=O)C1CN(Cc2ccc3c(I)c(OC4CCC(C(C)(C)C)CC4)ccc3c2)C1.COC(=O)C1CN(Cc2ccc3cc(OC4CCC(C(C)(C)C)CC4)ccc3c2)C1. The second-order valence-corrected chi connectivity index (χ2v) is 21.6. The maximum absolute atomic E-state index is 11.6. The van der Waals surface area contributed by atoms with Gasteiger partial charge >= 0.3 is 11.9 Å². The van der Waals surface area contributed by atoms with Crippen LogP contribution in [0.1, 0.15) is 111 Å². The van der Waals surface area contributed by atoms with E-state index in [1.807, 2.05) is 0 Å². The summed E-state index contributed by atoms with van der Waals surface area (Å²) in [6, 6.07) is 24.1. The Morgan fingerprint density at radius 1 is 0.581 bits per heavy atom. The molecule has 2 heterocycles. The van der Waals surface area contributed by atoms with Crippen LogP contribution in [-0.4, -0.2) is 74.3 Å². The Morgan fingerprint density at radius 2 is 1.02 bits per heavy atom. The molecule has 0 spiro atoms. The quantitative estimate of drug-likeness (QED) is 0.115. The van der Waals surface area contributed by atoms with Gasteiger partial charge in [-0.25, -0.2) is 0 Å². The minimum Gasteiger partial charge on any atom is -0.490 e. The van der Waals surface area contributed by atoms with Crippen LogP contribution in [-0.2, 0) is 32.2 Å². The maximum atomic E-state index is 11.6. The van der Waals surface area contributed by atoms with Gasteiger partial charge in [-0.3, -0.25) is 19.4 Å². The van der Waals surface area contributed by atoms with E-state index in [1.54, 1.807) is 0 Å². The predicted molar refractivity (Wildman–Crippen MR) is 261 cm³/mol. The van der Waals surface area contributed by atoms with Gasteiger partial charge in [-0.2, -0.15) is 0 Å². The summed E-state index contributed by atoms with van der Waals surface area (Å²) < 4.78 is 23.7. The van der Waals surface area contributed by atoms with Crippen molar-refractivity contribution in [3.63, 3.8) is 0 Å². The highest BCUT2D eigenvalue weighted by Gasteiger charge is 2.35. The van der Waals surface area contributed by atoms with Crippen molar-refractivity contribution < 1.29 is 28.5 Å². The van der Waals surface area contributed by atoms with Crippen LogP contribution in [0.25, 0.3) is 21.5 Å². The third-order valence-electron chi connectivity index (χ3n) is 14.0. The number of esters is 2. The minimum absolute atomic E-state index is 0. The fraction of sp³-hybridized carbons (Fsp3) is 0.585. The Bertz CT molecular complexity index is 2130. The summed E-state index contributed by atoms with van der Waals surface area (Å²) in [6.07, 6.45) is 10.3. The number of fused-ring (bicyclic) bond motifs is 2. The van der Waals surface area contributed by atoms with E-state index < -0.39 is 0 Å². The molecule has 2 aliphatic carbocycles. The standard InChI is InChI=1S/C26H34INO3.C26H35NO3.CH4/c1-26(2,3)20-7-9-21(10-8-20)31-23-12-6-18-13-17(5-11-22(18)24(23)27)14-28-15-19(16-28)25(29)30-4;1-26(2,3)22-8-11-23(12-9-22)30-24-10-7-19-13-18(5-6-20(19)14-24)15-27-16-21(17-27)25(28)29-4;/h5-6,11-13,19-21H,7-10,14-16H2,1-4H3;5-7,10,13-14,21-23H,8-9,11-12,15-17H2,1-4H3;1H4. The van der Waals surface area contributed by atoms with Crippen molar-refractivity contribution in [2.75, 3.05) is 40.4 Å². The summed E-state index contributed by atoms with van der Waals surface area (Å²) in [4.78, 5) is 27.7. The largest absolute Gasteiger partial charge is 0.490 e. The number of methoxy groups -OCH3 is 2. The minimum atomic E-state index is -0.0938. The van der Waals surface area contributed by atoms with Crippen molar-refractivity contribution in [2.45, 2.75) is 126 Å². The number of likely N-dealkylation sites (tertiary alicyclic amines) is 2. The lowest BCUT2D eigenvalue weighted by atomic mass is 9.72. The normalized spacial score (nSPS) is 22.7. The summed E-state index contributed by atoms with van der Waals surface area (Å²) in [5, 5.41) is 4.95. The van der Waals surface area contributed by atoms with Crippen molar-refractivity contribution in [2.24, 2.45) is 34.5 Å². The topological polar surface area (TPSA) is 77.5 Å². The predicted octanol–water partition coefficient (Wildman–Crippen LogP) is 12.1. The average Bonchev–Trinajstić information content (AvgIpc) is 3.20. The molecule has 8 nitrogen and oxygen atoms in total. The lowest BCUT2D eigenvalue weighted by Crippen LogP contribution is -2.49. The molecule has 0 unspecified atom stereocenters. The van der Waals surface area contributed by atoms with E-state index in [0.717, 1.165) is 88.3 Å². The third kappa shape index (κ3) is 12.0. The molecule has 4 fully saturated rings. The summed E-state index contributed by atoms with van der Waals surface area (Å²) in [5.74, 6) is 3.49. The van der Waals surface area contributed by atoms with E-state index in [1.165, 1.54) is 76.1 Å². The molecular weight excluding hydrogens is 887 g/mol. The first kappa shape index (κ1) is 48.1. The van der Waals surface area contributed by atoms with Crippen molar-refractivity contribution >= 4 is 56.1 Å². The second kappa shape index (κ2) is 20.6. The molecule has 0 N–H and O–H groups in total. The van der Waals surface area contributed by atoms with Gasteiger partial charge in [-0.15, -0.1) is 0 Å². The molecule has 8 rings (SSSR count). The first-order valence-electron chi connectivity index (χ1n) is 22.7. The van der Waals surface area contributed by atoms with Crippen LogP contribution in [0, 0.1) is 38.1 Å². The smallest absolute Gasteiger partial charge is 0.311 e. The Labute approximate surface area is 385 Å². The highest BCUT2D eigenvalue weighted by molar-refractivity contribution is 14.1. The van der Waals surface area contributed by atoms with Crippen molar-refractivity contribution in [3.05, 3.63) is 81.4 Å². The van der Waals surface area contributed by atoms with Crippen molar-refractivity contribution in [1.29, 1.82) is 0 Å². The third-order valence-corrected chi connectivity index (χ3v) is 15.2. The zero-order valence-electron chi connectivity index (χ0n) is 37.9. The molecule has 0 amide bonds. The van der Waals surface area contributed by atoms with E-state index in [2.05, 4.69) is 141 Å². The Balaban J connectivity index is 0.000000204. The fourth-order valence-corrected chi connectivity index (χ4v) is 10.8. The molecule has 0 aromatic heterocycles. The number of halogens is 1. The van der Waals surface area contributed by atoms with Gasteiger partial charge in [-0.05, 0) is 160 Å². The molecule has 0 radical (unpaired) electrons. The zero-order valence-corrected chi connectivity index (χ0v) is 40.1. The number of carbonyl (C=O) groups is 2. The van der Waals surface area contributed by atoms with Gasteiger partial charge in [0.25, 0.3) is 0 Å². The number of hydrogen-bond donors (Lipinski definition) is 0. The molecule has 4 aromatic carbocycles. The van der Waals surface area contributed by atoms with Crippen molar-refractivity contribution in [3.8, 4) is 11.5 Å². The van der Waals surface area contributed by atoms with Crippen LogP contribution < -0.4 is 9.47 Å². The van der Waals surface area contributed by atoms with Gasteiger partial charge in [0.15, 0.2) is 0 Å². The van der Waals surface area contributed by atoms with Crippen LogP contribution in [0.3, 0.4) is 0 Å². The van der Waals surface area contributed by atoms with E-state index in [4.69, 9.17) is 18.9 Å². The van der Waals surface area contributed by atoms with Crippen LogP contribution in [0.4, 0.5) is 0 Å². The second-order valence-electron chi connectivity index (χ2n) is 20.5. The van der Waals surface area contributed by atoms with Gasteiger partial charge in [-0.1, -0.05) is 85.4 Å². The van der Waals surface area contributed by atoms with E-state index in [0.29, 0.717) is 23.0 Å². The van der Waals surface area contributed by atoms with E-state index in [9.17, 15) is 9.59 Å². The van der Waals surface area contributed by atoms with Crippen LogP contribution in [0.2, 0.25) is 0 Å². The van der Waals surface area contributed by atoms with Gasteiger partial charge in [0.1, 0.15) is 11.5 Å². The summed E-state index contributed by atoms with van der Waals surface area (Å²) in [7, 11) is 2.92. The number of hydrogen-bond acceptors (Lipinski definition) is 8. The molecule has 9 heteroatoms. The zero-order chi connectivity index (χ0) is 43.5. The summed E-state index contributed by atoms with van der Waals surface area (Å²) in [6.45, 7) is 19.0. The number of carbonyl (C=O) groups excluding carboxylic acids is 2. The lowest BCUT2D eigenvalue weighted by molar-refractivity contribution is -0.152. The lowest BCUT2D eigenvalue weighted by Gasteiger charge is -2.37. The van der Waals surface area contributed by atoms with E-state index in [-0.39, 0.29) is 31.2 Å². The molecule has 4 aliphatic rings. The highest BCUT2D eigenvalue weighted by atomic mass is 127. The molecular formula is C53H73IN2O6. The molecule has 0 bridgehead atoms. The maximum Gasteiger partial charge on any atom is 0.311 e. The first-order valence-corrected chi connectivity index (χ1v) is 23.8.